The number of hydrogen-bond donors (Lipinski definition) is 0. The van der Waals surface area contributed by atoms with Crippen molar-refractivity contribution >= 4 is 11.6 Å². The van der Waals surface area contributed by atoms with Gasteiger partial charge in [-0.25, -0.2) is 0 Å². The normalized spacial score (nSPS) is 17.7. The van der Waals surface area contributed by atoms with Crippen molar-refractivity contribution < 1.29 is 0 Å². The molecule has 0 heterocycles. The maximum atomic E-state index is 5.90. The molecule has 2 heteroatoms. The zero-order valence-corrected chi connectivity index (χ0v) is 10.7. The van der Waals surface area contributed by atoms with Crippen molar-refractivity contribution in [1.82, 2.24) is 4.90 Å². The second kappa shape index (κ2) is 5.70. The third kappa shape index (κ3) is 3.50. The zero-order valence-electron chi connectivity index (χ0n) is 9.90. The summed E-state index contributed by atoms with van der Waals surface area (Å²) in [4.78, 5) is 2.59. The highest BCUT2D eigenvalue weighted by atomic mass is 35.5. The Kier molecular flexibility index (Phi) is 4.25. The van der Waals surface area contributed by atoms with Crippen molar-refractivity contribution in [2.24, 2.45) is 5.92 Å². The van der Waals surface area contributed by atoms with Crippen molar-refractivity contribution in [1.29, 1.82) is 0 Å². The van der Waals surface area contributed by atoms with Crippen LogP contribution in [0.2, 0.25) is 0 Å². The molecular weight excluding hydrogens is 218 g/mol. The summed E-state index contributed by atoms with van der Waals surface area (Å²) < 4.78 is 0. The molecule has 1 nitrogen and oxygen atoms in total. The van der Waals surface area contributed by atoms with E-state index in [1.807, 2.05) is 0 Å². The molecule has 88 valence electrons. The highest BCUT2D eigenvalue weighted by Crippen LogP contribution is 2.29. The van der Waals surface area contributed by atoms with Gasteiger partial charge in [0.1, 0.15) is 0 Å². The van der Waals surface area contributed by atoms with E-state index in [1.165, 1.54) is 18.4 Å². The van der Waals surface area contributed by atoms with Crippen LogP contribution < -0.4 is 0 Å². The van der Waals surface area contributed by atoms with Gasteiger partial charge in [0.15, 0.2) is 0 Å². The molecule has 1 aromatic carbocycles. The Morgan fingerprint density at radius 2 is 2.00 bits per heavy atom. The highest BCUT2D eigenvalue weighted by molar-refractivity contribution is 6.18. The molecule has 1 aliphatic rings. The minimum absolute atomic E-state index is 0.589. The minimum atomic E-state index is 0.589. The summed E-state index contributed by atoms with van der Waals surface area (Å²) in [6.07, 6.45) is 2.73. The minimum Gasteiger partial charge on any atom is -0.296 e. The maximum Gasteiger partial charge on any atom is 0.0261 e. The average molecular weight is 238 g/mol. The van der Waals surface area contributed by atoms with E-state index in [9.17, 15) is 0 Å². The van der Waals surface area contributed by atoms with Gasteiger partial charge in [-0.15, -0.1) is 11.6 Å². The van der Waals surface area contributed by atoms with Gasteiger partial charge < -0.3 is 0 Å². The second-order valence-electron chi connectivity index (χ2n) is 4.91. The summed E-state index contributed by atoms with van der Waals surface area (Å²) in [5.41, 5.74) is 1.41. The number of benzene rings is 1. The zero-order chi connectivity index (χ0) is 11.4. The largest absolute Gasteiger partial charge is 0.296 e. The molecule has 1 saturated carbocycles. The van der Waals surface area contributed by atoms with Gasteiger partial charge in [-0.3, -0.25) is 4.90 Å². The molecule has 0 spiro atoms. The Balaban J connectivity index is 1.92. The first-order chi connectivity index (χ1) is 7.79. The highest BCUT2D eigenvalue weighted by Gasteiger charge is 2.29. The molecule has 0 N–H and O–H groups in total. The maximum absolute atomic E-state index is 5.90. The molecule has 1 aromatic rings. The van der Waals surface area contributed by atoms with Gasteiger partial charge in [0, 0.05) is 25.0 Å². The lowest BCUT2D eigenvalue weighted by molar-refractivity contribution is 0.227. The number of hydrogen-bond acceptors (Lipinski definition) is 1. The predicted octanol–water partition coefficient (Wildman–Crippen LogP) is 3.53. The van der Waals surface area contributed by atoms with Crippen molar-refractivity contribution in [2.75, 3.05) is 12.4 Å². The van der Waals surface area contributed by atoms with Gasteiger partial charge in [0.05, 0.1) is 0 Å². The van der Waals surface area contributed by atoms with Crippen LogP contribution in [-0.4, -0.2) is 23.4 Å². The molecule has 0 aliphatic heterocycles. The van der Waals surface area contributed by atoms with E-state index in [1.54, 1.807) is 0 Å². The van der Waals surface area contributed by atoms with Crippen molar-refractivity contribution in [3.8, 4) is 0 Å². The standard InChI is InChI=1S/C14H20ClN/c1-12(9-15)10-16(14-7-8-14)11-13-5-3-2-4-6-13/h2-6,12,14H,7-11H2,1H3. The molecule has 2 rings (SSSR count). The van der Waals surface area contributed by atoms with Gasteiger partial charge in [0.2, 0.25) is 0 Å². The fraction of sp³-hybridized carbons (Fsp3) is 0.571. The van der Waals surface area contributed by atoms with Crippen molar-refractivity contribution in [3.63, 3.8) is 0 Å². The molecule has 0 radical (unpaired) electrons. The fourth-order valence-corrected chi connectivity index (χ4v) is 2.15. The third-order valence-electron chi connectivity index (χ3n) is 3.10. The molecule has 0 bridgehead atoms. The molecule has 1 unspecified atom stereocenters. The Bertz CT molecular complexity index is 308. The van der Waals surface area contributed by atoms with Crippen LogP contribution >= 0.6 is 11.6 Å². The van der Waals surface area contributed by atoms with E-state index < -0.39 is 0 Å². The van der Waals surface area contributed by atoms with Gasteiger partial charge in [-0.2, -0.15) is 0 Å². The molecule has 0 aromatic heterocycles. The Morgan fingerprint density at radius 3 is 2.56 bits per heavy atom. The number of alkyl halides is 1. The molecular formula is C14H20ClN. The topological polar surface area (TPSA) is 3.24 Å². The van der Waals surface area contributed by atoms with Gasteiger partial charge >= 0.3 is 0 Å². The molecule has 0 saturated heterocycles. The van der Waals surface area contributed by atoms with E-state index in [2.05, 4.69) is 42.2 Å². The van der Waals surface area contributed by atoms with Crippen LogP contribution in [0.4, 0.5) is 0 Å². The van der Waals surface area contributed by atoms with Crippen LogP contribution in [0.15, 0.2) is 30.3 Å². The number of rotatable bonds is 6. The van der Waals surface area contributed by atoms with Gasteiger partial charge in [0.25, 0.3) is 0 Å². The summed E-state index contributed by atoms with van der Waals surface area (Å²) in [6.45, 7) is 4.43. The lowest BCUT2D eigenvalue weighted by Crippen LogP contribution is -2.30. The Morgan fingerprint density at radius 1 is 1.31 bits per heavy atom. The van der Waals surface area contributed by atoms with Crippen LogP contribution in [0.5, 0.6) is 0 Å². The monoisotopic (exact) mass is 237 g/mol. The fourth-order valence-electron chi connectivity index (χ4n) is 2.05. The molecule has 0 amide bonds. The van der Waals surface area contributed by atoms with Crippen LogP contribution in [0, 0.1) is 5.92 Å². The van der Waals surface area contributed by atoms with E-state index in [-0.39, 0.29) is 0 Å². The summed E-state index contributed by atoms with van der Waals surface area (Å²) in [6, 6.07) is 11.5. The van der Waals surface area contributed by atoms with E-state index >= 15 is 0 Å². The first-order valence-electron chi connectivity index (χ1n) is 6.13. The second-order valence-corrected chi connectivity index (χ2v) is 5.21. The van der Waals surface area contributed by atoms with Crippen LogP contribution in [0.25, 0.3) is 0 Å². The SMILES string of the molecule is CC(CCl)CN(Cc1ccccc1)C1CC1. The van der Waals surface area contributed by atoms with Crippen molar-refractivity contribution in [2.45, 2.75) is 32.4 Å². The van der Waals surface area contributed by atoms with Crippen LogP contribution in [0.3, 0.4) is 0 Å². The van der Waals surface area contributed by atoms with Gasteiger partial charge in [-0.05, 0) is 24.3 Å². The van der Waals surface area contributed by atoms with E-state index in [4.69, 9.17) is 11.6 Å². The smallest absolute Gasteiger partial charge is 0.0261 e. The molecule has 1 aliphatic carbocycles. The Labute approximate surface area is 103 Å². The van der Waals surface area contributed by atoms with Crippen LogP contribution in [0.1, 0.15) is 25.3 Å². The van der Waals surface area contributed by atoms with Crippen molar-refractivity contribution in [3.05, 3.63) is 35.9 Å². The molecule has 1 fully saturated rings. The van der Waals surface area contributed by atoms with Gasteiger partial charge in [-0.1, -0.05) is 37.3 Å². The lowest BCUT2D eigenvalue weighted by atomic mass is 10.1. The van der Waals surface area contributed by atoms with E-state index in [0.29, 0.717) is 5.92 Å². The Hall–Kier alpha value is -0.530. The summed E-state index contributed by atoms with van der Waals surface area (Å²) in [5.74, 6) is 1.35. The quantitative estimate of drug-likeness (QED) is 0.685. The first-order valence-corrected chi connectivity index (χ1v) is 6.67. The third-order valence-corrected chi connectivity index (χ3v) is 3.63. The number of nitrogens with zero attached hydrogens (tertiary/aromatic N) is 1. The molecule has 1 atom stereocenters. The molecule has 16 heavy (non-hydrogen) atoms. The van der Waals surface area contributed by atoms with Crippen LogP contribution in [-0.2, 0) is 6.54 Å². The predicted molar refractivity (Wildman–Crippen MR) is 69.8 cm³/mol. The number of halogens is 1. The lowest BCUT2D eigenvalue weighted by Gasteiger charge is -2.24. The summed E-state index contributed by atoms with van der Waals surface area (Å²) in [7, 11) is 0. The summed E-state index contributed by atoms with van der Waals surface area (Å²) in [5, 5.41) is 0. The first kappa shape index (κ1) is 11.9. The summed E-state index contributed by atoms with van der Waals surface area (Å²) >= 11 is 5.90. The average Bonchev–Trinajstić information content (AvgIpc) is 3.13. The van der Waals surface area contributed by atoms with E-state index in [0.717, 1.165) is 25.0 Å².